The van der Waals surface area contributed by atoms with Gasteiger partial charge < -0.3 is 0 Å². The molecule has 0 spiro atoms. The minimum atomic E-state index is 0.622. The molecule has 0 radical (unpaired) electrons. The van der Waals surface area contributed by atoms with Crippen LogP contribution in [-0.4, -0.2) is 20.8 Å². The number of azo groups is 1. The average molecular weight is 87.1 g/mol. The van der Waals surface area contributed by atoms with Crippen molar-refractivity contribution in [3.05, 3.63) is 0 Å². The van der Waals surface area contributed by atoms with Gasteiger partial charge in [-0.2, -0.15) is 10.2 Å². The van der Waals surface area contributed by atoms with Crippen LogP contribution in [-0.2, 0) is 0 Å². The third-order valence-electron chi connectivity index (χ3n) is 0.370. The van der Waals surface area contributed by atoms with Crippen molar-refractivity contribution in [1.82, 2.24) is 5.32 Å². The molecule has 0 fully saturated rings. The normalized spacial score (nSPS) is 10.3. The van der Waals surface area contributed by atoms with Gasteiger partial charge in [0.15, 0.2) is 0 Å². The van der Waals surface area contributed by atoms with Gasteiger partial charge in [-0.05, 0) is 7.05 Å². The Balaban J connectivity index is 2.66. The number of nitrogens with zero attached hydrogens (tertiary/aromatic N) is 2. The van der Waals surface area contributed by atoms with Crippen LogP contribution in [0.2, 0.25) is 0 Å². The van der Waals surface area contributed by atoms with E-state index >= 15 is 0 Å². The average Bonchev–Trinajstić information content (AvgIpc) is 1.61. The van der Waals surface area contributed by atoms with Crippen LogP contribution < -0.4 is 5.32 Å². The van der Waals surface area contributed by atoms with Gasteiger partial charge in [0.1, 0.15) is 6.67 Å². The summed E-state index contributed by atoms with van der Waals surface area (Å²) in [6.45, 7) is 0.622. The summed E-state index contributed by atoms with van der Waals surface area (Å²) in [4.78, 5) is 0. The molecule has 0 aromatic carbocycles. The summed E-state index contributed by atoms with van der Waals surface area (Å²) >= 11 is 0. The first kappa shape index (κ1) is 5.56. The number of hydrogen-bond donors (Lipinski definition) is 1. The molecule has 0 atom stereocenters. The predicted octanol–water partition coefficient (Wildman–Crippen LogP) is 0.245. The van der Waals surface area contributed by atoms with Crippen LogP contribution in [0.4, 0.5) is 0 Å². The van der Waals surface area contributed by atoms with Crippen LogP contribution in [0.25, 0.3) is 0 Å². The van der Waals surface area contributed by atoms with E-state index in [1.165, 1.54) is 0 Å². The molecule has 0 aliphatic carbocycles. The molecule has 0 aliphatic heterocycles. The Kier molecular flexibility index (Phi) is 4.23. The molecular formula is C3H9N3. The Morgan fingerprint density at radius 1 is 1.67 bits per heavy atom. The standard InChI is InChI=1S/C3H9N3/c1-4-3-6-5-2/h4H,3H2,1-2H3. The van der Waals surface area contributed by atoms with Gasteiger partial charge in [0.05, 0.1) is 0 Å². The van der Waals surface area contributed by atoms with Crippen LogP contribution in [0.1, 0.15) is 0 Å². The fourth-order valence-corrected chi connectivity index (χ4v) is 0.141. The van der Waals surface area contributed by atoms with E-state index < -0.39 is 0 Å². The summed E-state index contributed by atoms with van der Waals surface area (Å²) < 4.78 is 0. The molecule has 36 valence electrons. The van der Waals surface area contributed by atoms with Gasteiger partial charge >= 0.3 is 0 Å². The Bertz CT molecular complexity index is 41.3. The fourth-order valence-electron chi connectivity index (χ4n) is 0.141. The number of hydrogen-bond acceptors (Lipinski definition) is 3. The fraction of sp³-hybridized carbons (Fsp3) is 1.00. The van der Waals surface area contributed by atoms with Crippen LogP contribution in [0, 0.1) is 0 Å². The number of rotatable bonds is 2. The summed E-state index contributed by atoms with van der Waals surface area (Å²) in [5.74, 6) is 0. The van der Waals surface area contributed by atoms with Crippen LogP contribution in [0.15, 0.2) is 10.2 Å². The molecule has 0 heterocycles. The molecule has 0 saturated heterocycles. The zero-order chi connectivity index (χ0) is 4.83. The Morgan fingerprint density at radius 3 is 2.50 bits per heavy atom. The topological polar surface area (TPSA) is 36.8 Å². The van der Waals surface area contributed by atoms with E-state index in [2.05, 4.69) is 15.5 Å². The molecule has 0 unspecified atom stereocenters. The minimum absolute atomic E-state index is 0.622. The zero-order valence-corrected chi connectivity index (χ0v) is 4.10. The molecule has 0 rings (SSSR count). The molecule has 0 aliphatic rings. The van der Waals surface area contributed by atoms with E-state index in [1.54, 1.807) is 7.05 Å². The molecule has 1 N–H and O–H groups in total. The first-order valence-electron chi connectivity index (χ1n) is 1.82. The molecule has 0 saturated carbocycles. The van der Waals surface area contributed by atoms with E-state index in [1.807, 2.05) is 7.05 Å². The van der Waals surface area contributed by atoms with E-state index in [-0.39, 0.29) is 0 Å². The van der Waals surface area contributed by atoms with Gasteiger partial charge in [-0.25, -0.2) is 0 Å². The van der Waals surface area contributed by atoms with Gasteiger partial charge in [0, 0.05) is 7.05 Å². The Labute approximate surface area is 37.5 Å². The third kappa shape index (κ3) is 3.56. The van der Waals surface area contributed by atoms with Crippen molar-refractivity contribution in [2.24, 2.45) is 10.2 Å². The second-order valence-electron chi connectivity index (χ2n) is 0.853. The lowest BCUT2D eigenvalue weighted by molar-refractivity contribution is 0.786. The van der Waals surface area contributed by atoms with Crippen LogP contribution in [0.3, 0.4) is 0 Å². The Morgan fingerprint density at radius 2 is 2.33 bits per heavy atom. The highest BCUT2D eigenvalue weighted by atomic mass is 15.1. The molecule has 0 bridgehead atoms. The van der Waals surface area contributed by atoms with Gasteiger partial charge in [-0.1, -0.05) is 0 Å². The van der Waals surface area contributed by atoms with Gasteiger partial charge in [0.2, 0.25) is 0 Å². The largest absolute Gasteiger partial charge is 0.300 e. The highest BCUT2D eigenvalue weighted by Gasteiger charge is 1.62. The lowest BCUT2D eigenvalue weighted by atomic mass is 11.1. The molecular weight excluding hydrogens is 78.1 g/mol. The summed E-state index contributed by atoms with van der Waals surface area (Å²) in [6.07, 6.45) is 0. The van der Waals surface area contributed by atoms with Crippen LogP contribution in [0.5, 0.6) is 0 Å². The van der Waals surface area contributed by atoms with Crippen molar-refractivity contribution in [3.8, 4) is 0 Å². The van der Waals surface area contributed by atoms with Gasteiger partial charge in [-0.3, -0.25) is 5.32 Å². The van der Waals surface area contributed by atoms with E-state index in [0.29, 0.717) is 6.67 Å². The second-order valence-corrected chi connectivity index (χ2v) is 0.853. The van der Waals surface area contributed by atoms with E-state index in [9.17, 15) is 0 Å². The molecule has 0 amide bonds. The van der Waals surface area contributed by atoms with Gasteiger partial charge in [0.25, 0.3) is 0 Å². The summed E-state index contributed by atoms with van der Waals surface area (Å²) in [5.41, 5.74) is 0. The molecule has 0 aromatic rings. The maximum absolute atomic E-state index is 3.60. The number of nitrogens with one attached hydrogen (secondary N) is 1. The highest BCUT2D eigenvalue weighted by molar-refractivity contribution is 4.23. The van der Waals surface area contributed by atoms with Crippen molar-refractivity contribution in [3.63, 3.8) is 0 Å². The van der Waals surface area contributed by atoms with Crippen molar-refractivity contribution >= 4 is 0 Å². The maximum Gasteiger partial charge on any atom is 0.109 e. The monoisotopic (exact) mass is 87.1 g/mol. The molecule has 0 aromatic heterocycles. The first-order valence-corrected chi connectivity index (χ1v) is 1.82. The lowest BCUT2D eigenvalue weighted by Gasteiger charge is -1.81. The van der Waals surface area contributed by atoms with E-state index in [4.69, 9.17) is 0 Å². The second kappa shape index (κ2) is 4.56. The third-order valence-corrected chi connectivity index (χ3v) is 0.370. The maximum atomic E-state index is 3.60. The summed E-state index contributed by atoms with van der Waals surface area (Å²) in [5, 5.41) is 9.90. The smallest absolute Gasteiger partial charge is 0.109 e. The van der Waals surface area contributed by atoms with Gasteiger partial charge in [-0.15, -0.1) is 0 Å². The summed E-state index contributed by atoms with van der Waals surface area (Å²) in [6, 6.07) is 0. The summed E-state index contributed by atoms with van der Waals surface area (Å²) in [7, 11) is 3.48. The highest BCUT2D eigenvalue weighted by Crippen LogP contribution is 1.59. The SMILES string of the molecule is CN=NCNC. The van der Waals surface area contributed by atoms with Crippen molar-refractivity contribution in [2.75, 3.05) is 20.8 Å². The molecule has 3 nitrogen and oxygen atoms in total. The quantitative estimate of drug-likeness (QED) is 0.481. The van der Waals surface area contributed by atoms with Crippen molar-refractivity contribution in [2.45, 2.75) is 0 Å². The minimum Gasteiger partial charge on any atom is -0.300 e. The van der Waals surface area contributed by atoms with Crippen molar-refractivity contribution in [1.29, 1.82) is 0 Å². The first-order chi connectivity index (χ1) is 2.91. The molecule has 3 heteroatoms. The Hall–Kier alpha value is -0.440. The lowest BCUT2D eigenvalue weighted by Crippen LogP contribution is -2.03. The predicted molar refractivity (Wildman–Crippen MR) is 24.7 cm³/mol. The zero-order valence-electron chi connectivity index (χ0n) is 4.10. The van der Waals surface area contributed by atoms with Crippen LogP contribution >= 0.6 is 0 Å². The van der Waals surface area contributed by atoms with E-state index in [0.717, 1.165) is 0 Å². The van der Waals surface area contributed by atoms with Crippen molar-refractivity contribution < 1.29 is 0 Å². The molecule has 6 heavy (non-hydrogen) atoms.